The van der Waals surface area contributed by atoms with E-state index in [1.165, 1.54) is 71.8 Å². The van der Waals surface area contributed by atoms with Gasteiger partial charge in [-0.3, -0.25) is 4.98 Å². The SMILES string of the molecule is CC1(C)c2cc(-c3ccncc3)ccc2-c2ccc(-c3ccc(-c4cc5cc6ccccc6nc5c5ccccc45)cc3)cc21. The molecule has 2 nitrogen and oxygen atoms in total. The van der Waals surface area contributed by atoms with Gasteiger partial charge in [-0.2, -0.15) is 0 Å². The molecule has 8 aromatic rings. The Balaban J connectivity index is 1.11. The number of rotatable bonds is 3. The van der Waals surface area contributed by atoms with Crippen LogP contribution in [0.2, 0.25) is 0 Å². The smallest absolute Gasteiger partial charge is 0.0788 e. The molecule has 0 unspecified atom stereocenters. The van der Waals surface area contributed by atoms with Crippen LogP contribution in [-0.4, -0.2) is 9.97 Å². The Bertz CT molecular complexity index is 2440. The fourth-order valence-electron chi connectivity index (χ4n) is 7.34. The van der Waals surface area contributed by atoms with Crippen molar-refractivity contribution in [2.45, 2.75) is 19.3 Å². The van der Waals surface area contributed by atoms with Crippen molar-refractivity contribution in [1.29, 1.82) is 0 Å². The zero-order chi connectivity index (χ0) is 30.1. The summed E-state index contributed by atoms with van der Waals surface area (Å²) in [6, 6.07) is 48.7. The molecule has 0 saturated heterocycles. The van der Waals surface area contributed by atoms with E-state index in [2.05, 4.69) is 152 Å². The van der Waals surface area contributed by atoms with Gasteiger partial charge in [0.25, 0.3) is 0 Å². The van der Waals surface area contributed by atoms with E-state index < -0.39 is 0 Å². The zero-order valence-electron chi connectivity index (χ0n) is 25.3. The van der Waals surface area contributed by atoms with Crippen LogP contribution in [0.25, 0.3) is 77.1 Å². The summed E-state index contributed by atoms with van der Waals surface area (Å²) in [7, 11) is 0. The highest BCUT2D eigenvalue weighted by Gasteiger charge is 2.35. The molecule has 0 spiro atoms. The average Bonchev–Trinajstić information content (AvgIpc) is 3.32. The molecular formula is C43H30N2. The third kappa shape index (κ3) is 4.03. The van der Waals surface area contributed by atoms with E-state index in [0.717, 1.165) is 16.4 Å². The second-order valence-corrected chi connectivity index (χ2v) is 12.7. The van der Waals surface area contributed by atoms with Crippen molar-refractivity contribution in [2.24, 2.45) is 0 Å². The van der Waals surface area contributed by atoms with Crippen molar-refractivity contribution >= 4 is 32.6 Å². The van der Waals surface area contributed by atoms with Crippen LogP contribution in [0, 0.1) is 0 Å². The van der Waals surface area contributed by atoms with Gasteiger partial charge in [0.05, 0.1) is 11.0 Å². The molecule has 1 aliphatic rings. The molecule has 2 heteroatoms. The van der Waals surface area contributed by atoms with Gasteiger partial charge in [0.1, 0.15) is 0 Å². The molecule has 1 aliphatic carbocycles. The average molecular weight is 575 g/mol. The first-order chi connectivity index (χ1) is 22.0. The Morgan fingerprint density at radius 1 is 0.444 bits per heavy atom. The molecular weight excluding hydrogens is 544 g/mol. The largest absolute Gasteiger partial charge is 0.265 e. The third-order valence-corrected chi connectivity index (χ3v) is 9.74. The van der Waals surface area contributed by atoms with Crippen LogP contribution in [0.5, 0.6) is 0 Å². The first-order valence-electron chi connectivity index (χ1n) is 15.6. The number of benzene rings is 6. The van der Waals surface area contributed by atoms with Gasteiger partial charge in [-0.1, -0.05) is 105 Å². The molecule has 9 rings (SSSR count). The summed E-state index contributed by atoms with van der Waals surface area (Å²) in [6.07, 6.45) is 3.73. The molecule has 0 radical (unpaired) electrons. The van der Waals surface area contributed by atoms with E-state index in [0.29, 0.717) is 0 Å². The van der Waals surface area contributed by atoms with Crippen molar-refractivity contribution in [2.75, 3.05) is 0 Å². The molecule has 0 N–H and O–H groups in total. The minimum atomic E-state index is -0.0914. The lowest BCUT2D eigenvalue weighted by atomic mass is 9.81. The summed E-state index contributed by atoms with van der Waals surface area (Å²) in [4.78, 5) is 9.27. The van der Waals surface area contributed by atoms with Crippen molar-refractivity contribution < 1.29 is 0 Å². The Morgan fingerprint density at radius 2 is 1.02 bits per heavy atom. The second-order valence-electron chi connectivity index (χ2n) is 12.7. The fraction of sp³-hybridized carbons (Fsp3) is 0.0698. The van der Waals surface area contributed by atoms with Crippen molar-refractivity contribution in [3.8, 4) is 44.5 Å². The molecule has 6 aromatic carbocycles. The van der Waals surface area contributed by atoms with Crippen LogP contribution in [0.3, 0.4) is 0 Å². The number of hydrogen-bond acceptors (Lipinski definition) is 2. The molecule has 45 heavy (non-hydrogen) atoms. The van der Waals surface area contributed by atoms with Crippen LogP contribution >= 0.6 is 0 Å². The summed E-state index contributed by atoms with van der Waals surface area (Å²) in [5.41, 5.74) is 14.8. The minimum Gasteiger partial charge on any atom is -0.265 e. The van der Waals surface area contributed by atoms with Gasteiger partial charge < -0.3 is 0 Å². The zero-order valence-corrected chi connectivity index (χ0v) is 25.3. The minimum absolute atomic E-state index is 0.0914. The second kappa shape index (κ2) is 9.70. The Labute approximate surface area is 262 Å². The number of para-hydroxylation sites is 1. The fourth-order valence-corrected chi connectivity index (χ4v) is 7.34. The molecule has 0 atom stereocenters. The highest BCUT2D eigenvalue weighted by atomic mass is 14.7. The maximum atomic E-state index is 5.07. The van der Waals surface area contributed by atoms with E-state index in [-0.39, 0.29) is 5.41 Å². The third-order valence-electron chi connectivity index (χ3n) is 9.74. The van der Waals surface area contributed by atoms with Gasteiger partial charge in [0.2, 0.25) is 0 Å². The molecule has 212 valence electrons. The number of nitrogens with zero attached hydrogens (tertiary/aromatic N) is 2. The first-order valence-corrected chi connectivity index (χ1v) is 15.6. The number of hydrogen-bond donors (Lipinski definition) is 0. The maximum Gasteiger partial charge on any atom is 0.0788 e. The molecule has 0 bridgehead atoms. The summed E-state index contributed by atoms with van der Waals surface area (Å²) < 4.78 is 0. The van der Waals surface area contributed by atoms with E-state index in [1.807, 2.05) is 12.4 Å². The van der Waals surface area contributed by atoms with E-state index >= 15 is 0 Å². The number of pyridine rings is 2. The molecule has 0 amide bonds. The van der Waals surface area contributed by atoms with Crippen molar-refractivity contribution in [3.05, 3.63) is 157 Å². The van der Waals surface area contributed by atoms with Crippen LogP contribution in [0.1, 0.15) is 25.0 Å². The molecule has 2 heterocycles. The topological polar surface area (TPSA) is 25.8 Å². The van der Waals surface area contributed by atoms with E-state index in [1.54, 1.807) is 0 Å². The van der Waals surface area contributed by atoms with Gasteiger partial charge in [-0.25, -0.2) is 4.98 Å². The lowest BCUT2D eigenvalue weighted by molar-refractivity contribution is 0.661. The summed E-state index contributed by atoms with van der Waals surface area (Å²) in [5.74, 6) is 0. The Morgan fingerprint density at radius 3 is 1.73 bits per heavy atom. The predicted molar refractivity (Wildman–Crippen MR) is 188 cm³/mol. The van der Waals surface area contributed by atoms with Gasteiger partial charge in [0.15, 0.2) is 0 Å². The van der Waals surface area contributed by atoms with Crippen LogP contribution in [-0.2, 0) is 5.41 Å². The first kappa shape index (κ1) is 25.9. The van der Waals surface area contributed by atoms with Gasteiger partial charge in [0, 0.05) is 34.0 Å². The van der Waals surface area contributed by atoms with E-state index in [4.69, 9.17) is 4.98 Å². The quantitative estimate of drug-likeness (QED) is 0.155. The lowest BCUT2D eigenvalue weighted by Gasteiger charge is -2.22. The molecule has 0 fully saturated rings. The van der Waals surface area contributed by atoms with Crippen molar-refractivity contribution in [1.82, 2.24) is 9.97 Å². The molecule has 0 aliphatic heterocycles. The molecule has 2 aromatic heterocycles. The van der Waals surface area contributed by atoms with E-state index in [9.17, 15) is 0 Å². The normalized spacial score (nSPS) is 13.3. The van der Waals surface area contributed by atoms with Gasteiger partial charge in [-0.15, -0.1) is 0 Å². The lowest BCUT2D eigenvalue weighted by Crippen LogP contribution is -2.15. The summed E-state index contributed by atoms with van der Waals surface area (Å²) in [5, 5.41) is 4.74. The Kier molecular flexibility index (Phi) is 5.58. The van der Waals surface area contributed by atoms with Gasteiger partial charge >= 0.3 is 0 Å². The van der Waals surface area contributed by atoms with Crippen LogP contribution in [0.4, 0.5) is 0 Å². The van der Waals surface area contributed by atoms with Crippen LogP contribution in [0.15, 0.2) is 146 Å². The molecule has 0 saturated carbocycles. The summed E-state index contributed by atoms with van der Waals surface area (Å²) >= 11 is 0. The summed E-state index contributed by atoms with van der Waals surface area (Å²) in [6.45, 7) is 4.70. The van der Waals surface area contributed by atoms with Gasteiger partial charge in [-0.05, 0) is 103 Å². The number of aromatic nitrogens is 2. The van der Waals surface area contributed by atoms with Crippen LogP contribution < -0.4 is 0 Å². The highest BCUT2D eigenvalue weighted by molar-refractivity contribution is 6.14. The highest BCUT2D eigenvalue weighted by Crippen LogP contribution is 2.50. The van der Waals surface area contributed by atoms with Crippen molar-refractivity contribution in [3.63, 3.8) is 0 Å². The standard InChI is InChI=1S/C43H30N2/c1-43(2)39-25-30(15-17-35(39)36-18-16-31(26-40(36)43)28-19-21-44-22-20-28)27-11-13-29(14-12-27)38-24-33-23-32-7-3-6-10-41(32)45-42(33)37-9-5-4-8-34(37)38/h3-26H,1-2H3. The number of fused-ring (bicyclic) bond motifs is 7. The predicted octanol–water partition coefficient (Wildman–Crippen LogP) is 11.2. The monoisotopic (exact) mass is 574 g/mol. The Hall–Kier alpha value is -5.60. The maximum absolute atomic E-state index is 5.07.